The predicted molar refractivity (Wildman–Crippen MR) is 82.7 cm³/mol. The standard InChI is InChI=1S/C15H20N2O2S/c1-5-16-10(2)13-9-20-15(17-13)12-7-6-11(18-3)8-14(12)19-4/h6-10,16H,5H2,1-4H3. The van der Waals surface area contributed by atoms with E-state index >= 15 is 0 Å². The molecule has 5 heteroatoms. The SMILES string of the molecule is CCNC(C)c1csc(-c2ccc(OC)cc2OC)n1. The molecule has 1 heterocycles. The molecule has 0 spiro atoms. The molecule has 20 heavy (non-hydrogen) atoms. The van der Waals surface area contributed by atoms with E-state index in [0.29, 0.717) is 0 Å². The van der Waals surface area contributed by atoms with Crippen LogP contribution in [-0.4, -0.2) is 25.7 Å². The number of benzene rings is 1. The van der Waals surface area contributed by atoms with Crippen LogP contribution in [-0.2, 0) is 0 Å². The minimum absolute atomic E-state index is 0.259. The van der Waals surface area contributed by atoms with E-state index in [1.54, 1.807) is 25.6 Å². The van der Waals surface area contributed by atoms with Crippen LogP contribution in [0.5, 0.6) is 11.5 Å². The van der Waals surface area contributed by atoms with Gasteiger partial charge in [0, 0.05) is 17.5 Å². The highest BCUT2D eigenvalue weighted by Crippen LogP contribution is 2.35. The fourth-order valence-electron chi connectivity index (χ4n) is 1.99. The summed E-state index contributed by atoms with van der Waals surface area (Å²) >= 11 is 1.63. The number of nitrogens with zero attached hydrogens (tertiary/aromatic N) is 1. The molecule has 1 aromatic heterocycles. The van der Waals surface area contributed by atoms with Gasteiger partial charge in [-0.25, -0.2) is 4.98 Å². The van der Waals surface area contributed by atoms with Crippen LogP contribution < -0.4 is 14.8 Å². The Kier molecular flexibility index (Phi) is 4.98. The van der Waals surface area contributed by atoms with Crippen molar-refractivity contribution in [3.05, 3.63) is 29.3 Å². The molecular weight excluding hydrogens is 272 g/mol. The zero-order chi connectivity index (χ0) is 14.5. The Morgan fingerprint density at radius 2 is 2.10 bits per heavy atom. The maximum Gasteiger partial charge on any atom is 0.132 e. The molecule has 0 amide bonds. The van der Waals surface area contributed by atoms with Crippen molar-refractivity contribution in [3.8, 4) is 22.1 Å². The summed E-state index contributed by atoms with van der Waals surface area (Å²) in [4.78, 5) is 4.70. The lowest BCUT2D eigenvalue weighted by Crippen LogP contribution is -2.17. The van der Waals surface area contributed by atoms with E-state index in [-0.39, 0.29) is 6.04 Å². The molecular formula is C15H20N2O2S. The third-order valence-corrected chi connectivity index (χ3v) is 4.01. The summed E-state index contributed by atoms with van der Waals surface area (Å²) in [6, 6.07) is 6.05. The lowest BCUT2D eigenvalue weighted by molar-refractivity contribution is 0.395. The van der Waals surface area contributed by atoms with Crippen molar-refractivity contribution >= 4 is 11.3 Å². The van der Waals surface area contributed by atoms with E-state index < -0.39 is 0 Å². The number of ether oxygens (including phenoxy) is 2. The molecule has 2 rings (SSSR count). The van der Waals surface area contributed by atoms with Crippen molar-refractivity contribution in [3.63, 3.8) is 0 Å². The van der Waals surface area contributed by atoms with E-state index in [9.17, 15) is 0 Å². The molecule has 0 saturated carbocycles. The Balaban J connectivity index is 2.32. The van der Waals surface area contributed by atoms with Crippen molar-refractivity contribution in [1.82, 2.24) is 10.3 Å². The van der Waals surface area contributed by atoms with Gasteiger partial charge in [0.2, 0.25) is 0 Å². The van der Waals surface area contributed by atoms with Crippen molar-refractivity contribution in [2.75, 3.05) is 20.8 Å². The van der Waals surface area contributed by atoms with E-state index in [1.807, 2.05) is 18.2 Å². The van der Waals surface area contributed by atoms with Gasteiger partial charge < -0.3 is 14.8 Å². The molecule has 0 aliphatic rings. The average Bonchev–Trinajstić information content (AvgIpc) is 2.96. The van der Waals surface area contributed by atoms with Crippen molar-refractivity contribution in [2.45, 2.75) is 19.9 Å². The normalized spacial score (nSPS) is 12.2. The van der Waals surface area contributed by atoms with Gasteiger partial charge >= 0.3 is 0 Å². The molecule has 1 N–H and O–H groups in total. The molecule has 1 atom stereocenters. The number of rotatable bonds is 6. The van der Waals surface area contributed by atoms with E-state index in [2.05, 4.69) is 24.5 Å². The van der Waals surface area contributed by atoms with Crippen LogP contribution in [0.2, 0.25) is 0 Å². The fourth-order valence-corrected chi connectivity index (χ4v) is 2.94. The highest BCUT2D eigenvalue weighted by molar-refractivity contribution is 7.13. The van der Waals surface area contributed by atoms with Crippen LogP contribution in [0.1, 0.15) is 25.6 Å². The quantitative estimate of drug-likeness (QED) is 0.885. The minimum Gasteiger partial charge on any atom is -0.497 e. The van der Waals surface area contributed by atoms with Crippen LogP contribution in [0.15, 0.2) is 23.6 Å². The Morgan fingerprint density at radius 1 is 1.30 bits per heavy atom. The van der Waals surface area contributed by atoms with E-state index in [4.69, 9.17) is 14.5 Å². The Hall–Kier alpha value is -1.59. The van der Waals surface area contributed by atoms with Gasteiger partial charge in [-0.15, -0.1) is 11.3 Å². The van der Waals surface area contributed by atoms with Gasteiger partial charge in [0.25, 0.3) is 0 Å². The number of hydrogen-bond donors (Lipinski definition) is 1. The molecule has 0 saturated heterocycles. The summed E-state index contributed by atoms with van der Waals surface area (Å²) in [6.45, 7) is 5.14. The van der Waals surface area contributed by atoms with Crippen molar-refractivity contribution in [1.29, 1.82) is 0 Å². The smallest absolute Gasteiger partial charge is 0.132 e. The molecule has 108 valence electrons. The van der Waals surface area contributed by atoms with Crippen LogP contribution in [0.4, 0.5) is 0 Å². The maximum atomic E-state index is 5.43. The third-order valence-electron chi connectivity index (χ3n) is 3.12. The summed E-state index contributed by atoms with van der Waals surface area (Å²) < 4.78 is 10.6. The van der Waals surface area contributed by atoms with Gasteiger partial charge in [0.1, 0.15) is 16.5 Å². The number of nitrogens with one attached hydrogen (secondary N) is 1. The lowest BCUT2D eigenvalue weighted by atomic mass is 10.2. The number of hydrogen-bond acceptors (Lipinski definition) is 5. The van der Waals surface area contributed by atoms with Crippen molar-refractivity contribution < 1.29 is 9.47 Å². The molecule has 0 radical (unpaired) electrons. The Labute approximate surface area is 123 Å². The second kappa shape index (κ2) is 6.72. The molecule has 0 fully saturated rings. The van der Waals surface area contributed by atoms with Gasteiger partial charge in [0.05, 0.1) is 25.5 Å². The lowest BCUT2D eigenvalue weighted by Gasteiger charge is -2.09. The maximum absolute atomic E-state index is 5.43. The van der Waals surface area contributed by atoms with Crippen LogP contribution in [0.25, 0.3) is 10.6 Å². The van der Waals surface area contributed by atoms with Crippen LogP contribution in [0, 0.1) is 0 Å². The summed E-state index contributed by atoms with van der Waals surface area (Å²) in [6.07, 6.45) is 0. The van der Waals surface area contributed by atoms with Gasteiger partial charge in [-0.1, -0.05) is 6.92 Å². The zero-order valence-electron chi connectivity index (χ0n) is 12.3. The van der Waals surface area contributed by atoms with Gasteiger partial charge in [-0.05, 0) is 25.6 Å². The minimum atomic E-state index is 0.259. The van der Waals surface area contributed by atoms with Gasteiger partial charge in [0.15, 0.2) is 0 Å². The first-order valence-electron chi connectivity index (χ1n) is 6.60. The monoisotopic (exact) mass is 292 g/mol. The average molecular weight is 292 g/mol. The van der Waals surface area contributed by atoms with Gasteiger partial charge in [-0.3, -0.25) is 0 Å². The van der Waals surface area contributed by atoms with Crippen LogP contribution >= 0.6 is 11.3 Å². The first-order valence-corrected chi connectivity index (χ1v) is 7.48. The first kappa shape index (κ1) is 14.8. The highest BCUT2D eigenvalue weighted by atomic mass is 32.1. The highest BCUT2D eigenvalue weighted by Gasteiger charge is 2.14. The molecule has 4 nitrogen and oxygen atoms in total. The molecule has 1 unspecified atom stereocenters. The Morgan fingerprint density at radius 3 is 2.75 bits per heavy atom. The summed E-state index contributed by atoms with van der Waals surface area (Å²) in [5.41, 5.74) is 2.05. The molecule has 2 aromatic rings. The second-order valence-corrected chi connectivity index (χ2v) is 5.28. The number of aromatic nitrogens is 1. The van der Waals surface area contributed by atoms with E-state index in [1.165, 1.54) is 0 Å². The fraction of sp³-hybridized carbons (Fsp3) is 0.400. The van der Waals surface area contributed by atoms with E-state index in [0.717, 1.165) is 34.3 Å². The predicted octanol–water partition coefficient (Wildman–Crippen LogP) is 3.50. The summed E-state index contributed by atoms with van der Waals surface area (Å²) in [5.74, 6) is 1.56. The molecule has 0 bridgehead atoms. The van der Waals surface area contributed by atoms with Crippen LogP contribution in [0.3, 0.4) is 0 Å². The summed E-state index contributed by atoms with van der Waals surface area (Å²) in [7, 11) is 3.31. The Bertz CT molecular complexity index is 569. The third kappa shape index (κ3) is 3.11. The first-order chi connectivity index (χ1) is 9.69. The number of methoxy groups -OCH3 is 2. The zero-order valence-corrected chi connectivity index (χ0v) is 13.1. The second-order valence-electron chi connectivity index (χ2n) is 4.42. The van der Waals surface area contributed by atoms with Crippen molar-refractivity contribution in [2.24, 2.45) is 0 Å². The molecule has 0 aliphatic heterocycles. The summed E-state index contributed by atoms with van der Waals surface area (Å²) in [5, 5.41) is 6.42. The number of thiazole rings is 1. The van der Waals surface area contributed by atoms with Gasteiger partial charge in [-0.2, -0.15) is 0 Å². The largest absolute Gasteiger partial charge is 0.497 e. The molecule has 0 aliphatic carbocycles. The molecule has 1 aromatic carbocycles. The topological polar surface area (TPSA) is 43.4 Å².